The van der Waals surface area contributed by atoms with Gasteiger partial charge in [0.25, 0.3) is 0 Å². The van der Waals surface area contributed by atoms with E-state index in [1.54, 1.807) is 18.3 Å². The minimum Gasteiger partial charge on any atom is -0.340 e. The van der Waals surface area contributed by atoms with Crippen molar-refractivity contribution in [3.8, 4) is 0 Å². The van der Waals surface area contributed by atoms with E-state index < -0.39 is 0 Å². The molecule has 0 saturated carbocycles. The molecule has 1 amide bonds. The fraction of sp³-hybridized carbons (Fsp3) is 0.533. The van der Waals surface area contributed by atoms with Crippen LogP contribution in [0.2, 0.25) is 0 Å². The molecule has 7 heteroatoms. The van der Waals surface area contributed by atoms with Crippen LogP contribution >= 0.6 is 0 Å². The second kappa shape index (κ2) is 5.92. The summed E-state index contributed by atoms with van der Waals surface area (Å²) in [6.45, 7) is 5.88. The highest BCUT2D eigenvalue weighted by Gasteiger charge is 2.24. The third-order valence-corrected chi connectivity index (χ3v) is 3.94. The Morgan fingerprint density at radius 1 is 1.32 bits per heavy atom. The first-order chi connectivity index (χ1) is 10.5. The topological polar surface area (TPSA) is 71.6 Å². The number of aromatic nitrogens is 3. The molecule has 2 aromatic heterocycles. The minimum absolute atomic E-state index is 0.0733. The summed E-state index contributed by atoms with van der Waals surface area (Å²) >= 11 is 0. The number of pyridine rings is 1. The molecule has 118 valence electrons. The molecule has 0 aromatic carbocycles. The lowest BCUT2D eigenvalue weighted by molar-refractivity contribution is -0.133. The van der Waals surface area contributed by atoms with Crippen LogP contribution in [-0.4, -0.2) is 50.2 Å². The summed E-state index contributed by atoms with van der Waals surface area (Å²) in [6, 6.07) is 5.99. The van der Waals surface area contributed by atoms with Gasteiger partial charge in [-0.3, -0.25) is 9.20 Å². The number of piperazine rings is 1. The van der Waals surface area contributed by atoms with E-state index in [4.69, 9.17) is 0 Å². The van der Waals surface area contributed by atoms with Crippen LogP contribution in [0.5, 0.6) is 0 Å². The molecule has 1 saturated heterocycles. The Morgan fingerprint density at radius 3 is 2.73 bits per heavy atom. The molecule has 1 N–H and O–H groups in total. The van der Waals surface area contributed by atoms with Crippen molar-refractivity contribution in [2.24, 2.45) is 0 Å². The molecule has 7 nitrogen and oxygen atoms in total. The van der Waals surface area contributed by atoms with Crippen molar-refractivity contribution >= 4 is 11.6 Å². The fourth-order valence-electron chi connectivity index (χ4n) is 3.00. The number of fused-ring (bicyclic) bond motifs is 1. The zero-order valence-electron chi connectivity index (χ0n) is 12.9. The Labute approximate surface area is 128 Å². The average molecular weight is 303 g/mol. The highest BCUT2D eigenvalue weighted by molar-refractivity contribution is 5.76. The molecule has 0 spiro atoms. The smallest absolute Gasteiger partial charge is 0.340 e. The van der Waals surface area contributed by atoms with E-state index in [1.807, 2.05) is 11.0 Å². The number of aryl methyl sites for hydroxylation is 1. The van der Waals surface area contributed by atoms with E-state index >= 15 is 0 Å². The van der Waals surface area contributed by atoms with Crippen LogP contribution in [-0.2, 0) is 11.3 Å². The zero-order valence-corrected chi connectivity index (χ0v) is 12.9. The van der Waals surface area contributed by atoms with Gasteiger partial charge < -0.3 is 10.2 Å². The number of nitrogens with one attached hydrogen (secondary N) is 1. The Kier molecular flexibility index (Phi) is 3.98. The number of carbonyl (C=O) groups is 1. The largest absolute Gasteiger partial charge is 0.350 e. The van der Waals surface area contributed by atoms with Gasteiger partial charge in [-0.1, -0.05) is 6.07 Å². The summed E-state index contributed by atoms with van der Waals surface area (Å²) in [5.41, 5.74) is 0.398. The van der Waals surface area contributed by atoms with Gasteiger partial charge in [0.1, 0.15) is 0 Å². The van der Waals surface area contributed by atoms with Crippen molar-refractivity contribution in [1.29, 1.82) is 0 Å². The van der Waals surface area contributed by atoms with E-state index in [1.165, 1.54) is 9.08 Å². The molecule has 0 bridgehead atoms. The third-order valence-electron chi connectivity index (χ3n) is 3.94. The molecule has 2 aromatic rings. The first-order valence-corrected chi connectivity index (χ1v) is 7.62. The van der Waals surface area contributed by atoms with Crippen molar-refractivity contribution in [3.63, 3.8) is 0 Å². The summed E-state index contributed by atoms with van der Waals surface area (Å²) < 4.78 is 2.85. The van der Waals surface area contributed by atoms with E-state index in [0.29, 0.717) is 43.8 Å². The Hall–Kier alpha value is -2.15. The third kappa shape index (κ3) is 2.89. The highest BCUT2D eigenvalue weighted by atomic mass is 16.2. The molecule has 0 radical (unpaired) electrons. The number of carbonyl (C=O) groups excluding carboxylic acids is 1. The lowest BCUT2D eigenvalue weighted by Crippen LogP contribution is -2.56. The minimum atomic E-state index is -0.203. The Balaban J connectivity index is 1.67. The summed E-state index contributed by atoms with van der Waals surface area (Å²) in [7, 11) is 0. The van der Waals surface area contributed by atoms with Gasteiger partial charge in [0, 0.05) is 37.8 Å². The van der Waals surface area contributed by atoms with Gasteiger partial charge in [-0.15, -0.1) is 5.10 Å². The number of amides is 1. The molecule has 1 fully saturated rings. The van der Waals surface area contributed by atoms with Crippen molar-refractivity contribution in [3.05, 3.63) is 34.9 Å². The van der Waals surface area contributed by atoms with Crippen LogP contribution in [0.25, 0.3) is 5.65 Å². The Bertz CT molecular complexity index is 725. The second-order valence-electron chi connectivity index (χ2n) is 5.95. The maximum atomic E-state index is 12.3. The lowest BCUT2D eigenvalue weighted by Gasteiger charge is -2.36. The van der Waals surface area contributed by atoms with Gasteiger partial charge >= 0.3 is 5.69 Å². The molecule has 2 atom stereocenters. The van der Waals surface area contributed by atoms with Crippen molar-refractivity contribution in [2.45, 2.75) is 38.9 Å². The average Bonchev–Trinajstić information content (AvgIpc) is 2.81. The zero-order chi connectivity index (χ0) is 15.7. The van der Waals surface area contributed by atoms with Gasteiger partial charge in [-0.2, -0.15) is 0 Å². The van der Waals surface area contributed by atoms with Crippen LogP contribution in [0.4, 0.5) is 0 Å². The van der Waals surface area contributed by atoms with Gasteiger partial charge in [0.05, 0.1) is 6.54 Å². The second-order valence-corrected chi connectivity index (χ2v) is 5.95. The maximum Gasteiger partial charge on any atom is 0.350 e. The fourth-order valence-corrected chi connectivity index (χ4v) is 3.00. The number of rotatable bonds is 3. The number of hydrogen-bond acceptors (Lipinski definition) is 4. The van der Waals surface area contributed by atoms with E-state index in [9.17, 15) is 9.59 Å². The van der Waals surface area contributed by atoms with Crippen LogP contribution in [0.3, 0.4) is 0 Å². The molecule has 3 rings (SSSR count). The summed E-state index contributed by atoms with van der Waals surface area (Å²) in [5.74, 6) is 0.0733. The van der Waals surface area contributed by atoms with Crippen LogP contribution in [0.1, 0.15) is 20.3 Å². The molecular formula is C15H21N5O2. The lowest BCUT2D eigenvalue weighted by atomic mass is 10.1. The van der Waals surface area contributed by atoms with Crippen LogP contribution in [0, 0.1) is 0 Å². The molecule has 1 aliphatic rings. The van der Waals surface area contributed by atoms with Gasteiger partial charge in [-0.25, -0.2) is 9.48 Å². The Morgan fingerprint density at radius 2 is 2.05 bits per heavy atom. The standard InChI is InChI=1S/C15H21N5O2/c1-11-9-18(10-12(2)16-11)14(21)6-8-20-15(22)19-7-4-3-5-13(19)17-20/h3-5,7,11-12,16H,6,8-10H2,1-2H3/t11-,12-/m1/s1. The van der Waals surface area contributed by atoms with Crippen LogP contribution < -0.4 is 11.0 Å². The molecule has 0 aliphatic carbocycles. The SMILES string of the molecule is C[C@@H]1CN(C(=O)CCn2nc3ccccn3c2=O)C[C@@H](C)N1. The first-order valence-electron chi connectivity index (χ1n) is 7.62. The quantitative estimate of drug-likeness (QED) is 0.872. The monoisotopic (exact) mass is 303 g/mol. The first kappa shape index (κ1) is 14.8. The van der Waals surface area contributed by atoms with E-state index in [2.05, 4.69) is 24.3 Å². The van der Waals surface area contributed by atoms with Crippen molar-refractivity contribution in [2.75, 3.05) is 13.1 Å². The summed E-state index contributed by atoms with van der Waals surface area (Å²) in [5, 5.41) is 7.64. The summed E-state index contributed by atoms with van der Waals surface area (Å²) in [4.78, 5) is 26.4. The highest BCUT2D eigenvalue weighted by Crippen LogP contribution is 2.06. The van der Waals surface area contributed by atoms with Gasteiger partial charge in [0.15, 0.2) is 5.65 Å². The molecular weight excluding hydrogens is 282 g/mol. The predicted octanol–water partition coefficient (Wildman–Crippen LogP) is 0.0949. The van der Waals surface area contributed by atoms with Crippen LogP contribution in [0.15, 0.2) is 29.2 Å². The van der Waals surface area contributed by atoms with Crippen molar-refractivity contribution < 1.29 is 4.79 Å². The van der Waals surface area contributed by atoms with E-state index in [-0.39, 0.29) is 11.6 Å². The molecule has 3 heterocycles. The van der Waals surface area contributed by atoms with E-state index in [0.717, 1.165) is 0 Å². The molecule has 22 heavy (non-hydrogen) atoms. The van der Waals surface area contributed by atoms with Gasteiger partial charge in [-0.05, 0) is 26.0 Å². The van der Waals surface area contributed by atoms with Crippen molar-refractivity contribution in [1.82, 2.24) is 24.4 Å². The molecule has 0 unspecified atom stereocenters. The normalized spacial score (nSPS) is 22.2. The summed E-state index contributed by atoms with van der Waals surface area (Å²) in [6.07, 6.45) is 1.98. The number of nitrogens with zero attached hydrogens (tertiary/aromatic N) is 4. The predicted molar refractivity (Wildman–Crippen MR) is 82.7 cm³/mol. The number of hydrogen-bond donors (Lipinski definition) is 1. The molecule has 1 aliphatic heterocycles. The van der Waals surface area contributed by atoms with Gasteiger partial charge in [0.2, 0.25) is 5.91 Å². The maximum absolute atomic E-state index is 12.3.